The van der Waals surface area contributed by atoms with Crippen LogP contribution in [0.25, 0.3) is 0 Å². The van der Waals surface area contributed by atoms with E-state index in [4.69, 9.17) is 9.47 Å². The number of benzene rings is 1. The Hall–Kier alpha value is -1.46. The van der Waals surface area contributed by atoms with E-state index in [9.17, 15) is 4.79 Å². The highest BCUT2D eigenvalue weighted by atomic mass is 35.5. The van der Waals surface area contributed by atoms with Gasteiger partial charge in [-0.05, 0) is 31.2 Å². The van der Waals surface area contributed by atoms with Crippen LogP contribution in [0.4, 0.5) is 0 Å². The standard InChI is InChI=1S/C14H20N2O3.ClH/c1-3-11(16-14(17)9-15-2)10-4-5-12-13(8-10)19-7-6-18-12;/h4-5,8,11,15H,3,6-7,9H2,1-2H3,(H,16,17);1H. The summed E-state index contributed by atoms with van der Waals surface area (Å²) in [6.07, 6.45) is 0.828. The quantitative estimate of drug-likeness (QED) is 0.868. The van der Waals surface area contributed by atoms with E-state index in [2.05, 4.69) is 10.6 Å². The minimum Gasteiger partial charge on any atom is -0.486 e. The van der Waals surface area contributed by atoms with Crippen molar-refractivity contribution < 1.29 is 14.3 Å². The van der Waals surface area contributed by atoms with Crippen LogP contribution in [0.1, 0.15) is 24.9 Å². The van der Waals surface area contributed by atoms with Crippen LogP contribution in [0.5, 0.6) is 11.5 Å². The fraction of sp³-hybridized carbons (Fsp3) is 0.500. The molecule has 0 spiro atoms. The Labute approximate surface area is 125 Å². The highest BCUT2D eigenvalue weighted by Gasteiger charge is 2.17. The third kappa shape index (κ3) is 4.02. The van der Waals surface area contributed by atoms with Crippen molar-refractivity contribution in [2.75, 3.05) is 26.8 Å². The van der Waals surface area contributed by atoms with E-state index in [1.54, 1.807) is 7.05 Å². The molecule has 0 aromatic heterocycles. The molecule has 1 unspecified atom stereocenters. The Kier molecular flexibility index (Phi) is 6.61. The van der Waals surface area contributed by atoms with Crippen molar-refractivity contribution in [3.8, 4) is 11.5 Å². The Morgan fingerprint density at radius 3 is 2.65 bits per heavy atom. The molecule has 1 aliphatic heterocycles. The van der Waals surface area contributed by atoms with E-state index in [1.165, 1.54) is 0 Å². The van der Waals surface area contributed by atoms with Crippen molar-refractivity contribution in [2.45, 2.75) is 19.4 Å². The minimum absolute atomic E-state index is 0. The van der Waals surface area contributed by atoms with Crippen molar-refractivity contribution in [3.63, 3.8) is 0 Å². The number of amides is 1. The first-order chi connectivity index (χ1) is 9.24. The normalized spacial score (nSPS) is 14.1. The summed E-state index contributed by atoms with van der Waals surface area (Å²) in [4.78, 5) is 11.6. The van der Waals surface area contributed by atoms with Gasteiger partial charge in [0.2, 0.25) is 5.91 Å². The zero-order valence-corrected chi connectivity index (χ0v) is 12.6. The maximum Gasteiger partial charge on any atom is 0.234 e. The molecule has 0 saturated heterocycles. The van der Waals surface area contributed by atoms with E-state index in [-0.39, 0.29) is 24.4 Å². The van der Waals surface area contributed by atoms with Gasteiger partial charge in [0.25, 0.3) is 0 Å². The first-order valence-corrected chi connectivity index (χ1v) is 6.58. The fourth-order valence-electron chi connectivity index (χ4n) is 2.10. The number of halogens is 1. The molecule has 1 aromatic carbocycles. The number of likely N-dealkylation sites (N-methyl/N-ethyl adjacent to an activating group) is 1. The van der Waals surface area contributed by atoms with Crippen LogP contribution in [0.15, 0.2) is 18.2 Å². The zero-order valence-electron chi connectivity index (χ0n) is 11.8. The van der Waals surface area contributed by atoms with Gasteiger partial charge in [-0.25, -0.2) is 0 Å². The van der Waals surface area contributed by atoms with Crippen molar-refractivity contribution in [1.82, 2.24) is 10.6 Å². The molecular formula is C14H21ClN2O3. The monoisotopic (exact) mass is 300 g/mol. The van der Waals surface area contributed by atoms with E-state index in [0.717, 1.165) is 23.5 Å². The molecule has 1 aromatic rings. The lowest BCUT2D eigenvalue weighted by molar-refractivity contribution is -0.120. The van der Waals surface area contributed by atoms with Gasteiger partial charge >= 0.3 is 0 Å². The van der Waals surface area contributed by atoms with Crippen LogP contribution in [0.3, 0.4) is 0 Å². The third-order valence-electron chi connectivity index (χ3n) is 3.05. The number of hydrogen-bond donors (Lipinski definition) is 2. The maximum absolute atomic E-state index is 11.6. The number of rotatable bonds is 5. The van der Waals surface area contributed by atoms with Gasteiger partial charge in [0.05, 0.1) is 12.6 Å². The van der Waals surface area contributed by atoms with Crippen molar-refractivity contribution in [1.29, 1.82) is 0 Å². The van der Waals surface area contributed by atoms with E-state index < -0.39 is 0 Å². The molecule has 1 atom stereocenters. The zero-order chi connectivity index (χ0) is 13.7. The summed E-state index contributed by atoms with van der Waals surface area (Å²) in [5.41, 5.74) is 1.04. The van der Waals surface area contributed by atoms with Gasteiger partial charge in [-0.3, -0.25) is 4.79 Å². The highest BCUT2D eigenvalue weighted by molar-refractivity contribution is 5.85. The van der Waals surface area contributed by atoms with E-state index in [1.807, 2.05) is 25.1 Å². The number of hydrogen-bond acceptors (Lipinski definition) is 4. The van der Waals surface area contributed by atoms with E-state index >= 15 is 0 Å². The molecule has 5 nitrogen and oxygen atoms in total. The topological polar surface area (TPSA) is 59.6 Å². The third-order valence-corrected chi connectivity index (χ3v) is 3.05. The Bertz CT molecular complexity index is 454. The summed E-state index contributed by atoms with van der Waals surface area (Å²) in [5.74, 6) is 1.51. The van der Waals surface area contributed by atoms with E-state index in [0.29, 0.717) is 19.8 Å². The largest absolute Gasteiger partial charge is 0.486 e. The molecular weight excluding hydrogens is 280 g/mol. The molecule has 0 saturated carbocycles. The van der Waals surface area contributed by atoms with Gasteiger partial charge in [0.15, 0.2) is 11.5 Å². The summed E-state index contributed by atoms with van der Waals surface area (Å²) in [6.45, 7) is 3.52. The number of nitrogens with one attached hydrogen (secondary N) is 2. The molecule has 0 bridgehead atoms. The number of fused-ring (bicyclic) bond motifs is 1. The second kappa shape index (κ2) is 7.97. The number of carbonyl (C=O) groups is 1. The van der Waals surface area contributed by atoms with Crippen LogP contribution in [-0.4, -0.2) is 32.7 Å². The Morgan fingerprint density at radius 2 is 2.00 bits per heavy atom. The second-order valence-corrected chi connectivity index (χ2v) is 4.46. The first kappa shape index (κ1) is 16.6. The molecule has 0 radical (unpaired) electrons. The average molecular weight is 301 g/mol. The van der Waals surface area contributed by atoms with Gasteiger partial charge in [-0.2, -0.15) is 0 Å². The maximum atomic E-state index is 11.6. The second-order valence-electron chi connectivity index (χ2n) is 4.46. The van der Waals surface area contributed by atoms with Crippen molar-refractivity contribution in [2.24, 2.45) is 0 Å². The molecule has 20 heavy (non-hydrogen) atoms. The molecule has 1 amide bonds. The molecule has 112 valence electrons. The molecule has 1 aliphatic rings. The molecule has 0 fully saturated rings. The Morgan fingerprint density at radius 1 is 1.30 bits per heavy atom. The fourth-order valence-corrected chi connectivity index (χ4v) is 2.10. The van der Waals surface area contributed by atoms with Crippen molar-refractivity contribution in [3.05, 3.63) is 23.8 Å². The summed E-state index contributed by atoms with van der Waals surface area (Å²) in [7, 11) is 1.75. The number of carbonyl (C=O) groups excluding carboxylic acids is 1. The lowest BCUT2D eigenvalue weighted by atomic mass is 10.0. The van der Waals surface area contributed by atoms with Gasteiger partial charge in [0.1, 0.15) is 13.2 Å². The van der Waals surface area contributed by atoms with Crippen LogP contribution >= 0.6 is 12.4 Å². The van der Waals surface area contributed by atoms with Gasteiger partial charge < -0.3 is 20.1 Å². The van der Waals surface area contributed by atoms with Crippen LogP contribution in [0, 0.1) is 0 Å². The lowest BCUT2D eigenvalue weighted by Gasteiger charge is -2.22. The summed E-state index contributed by atoms with van der Waals surface area (Å²) in [6, 6.07) is 5.82. The van der Waals surface area contributed by atoms with Crippen LogP contribution in [-0.2, 0) is 4.79 Å². The lowest BCUT2D eigenvalue weighted by Crippen LogP contribution is -2.34. The molecule has 1 heterocycles. The number of ether oxygens (including phenoxy) is 2. The SMILES string of the molecule is CCC(NC(=O)CNC)c1ccc2c(c1)OCCO2.Cl. The summed E-state index contributed by atoms with van der Waals surface area (Å²) < 4.78 is 11.1. The van der Waals surface area contributed by atoms with Gasteiger partial charge in [-0.1, -0.05) is 13.0 Å². The Balaban J connectivity index is 0.00000200. The summed E-state index contributed by atoms with van der Waals surface area (Å²) in [5, 5.41) is 5.83. The predicted molar refractivity (Wildman–Crippen MR) is 79.8 cm³/mol. The average Bonchev–Trinajstić information content (AvgIpc) is 2.44. The predicted octanol–water partition coefficient (Wildman–Crippen LogP) is 1.67. The highest BCUT2D eigenvalue weighted by Crippen LogP contribution is 2.33. The molecule has 0 aliphatic carbocycles. The molecule has 2 N–H and O–H groups in total. The molecule has 2 rings (SSSR count). The first-order valence-electron chi connectivity index (χ1n) is 6.58. The summed E-state index contributed by atoms with van der Waals surface area (Å²) >= 11 is 0. The van der Waals surface area contributed by atoms with Crippen molar-refractivity contribution >= 4 is 18.3 Å². The van der Waals surface area contributed by atoms with Gasteiger partial charge in [0, 0.05) is 0 Å². The van der Waals surface area contributed by atoms with Crippen LogP contribution in [0.2, 0.25) is 0 Å². The van der Waals surface area contributed by atoms with Crippen LogP contribution < -0.4 is 20.1 Å². The van der Waals surface area contributed by atoms with Gasteiger partial charge in [-0.15, -0.1) is 12.4 Å². The smallest absolute Gasteiger partial charge is 0.234 e. The molecule has 6 heteroatoms. The minimum atomic E-state index is -0.00996.